The van der Waals surface area contributed by atoms with Gasteiger partial charge < -0.3 is 25.4 Å². The molecule has 1 fully saturated rings. The summed E-state index contributed by atoms with van der Waals surface area (Å²) in [5.74, 6) is 1.19. The molecule has 1 aliphatic rings. The molecule has 10 nitrogen and oxygen atoms in total. The lowest BCUT2D eigenvalue weighted by atomic mass is 10.1. The number of carboxylic acid groups (broad SMARTS) is 1. The summed E-state index contributed by atoms with van der Waals surface area (Å²) in [5.41, 5.74) is 2.03. The van der Waals surface area contributed by atoms with Gasteiger partial charge in [0.05, 0.1) is 12.3 Å². The van der Waals surface area contributed by atoms with Crippen molar-refractivity contribution in [1.82, 2.24) is 20.2 Å². The van der Waals surface area contributed by atoms with Crippen molar-refractivity contribution in [1.29, 1.82) is 0 Å². The molecule has 4 rings (SSSR count). The van der Waals surface area contributed by atoms with Gasteiger partial charge in [0.2, 0.25) is 11.9 Å². The van der Waals surface area contributed by atoms with E-state index in [0.29, 0.717) is 25.1 Å². The normalized spacial score (nSPS) is 14.1. The number of anilines is 4. The molecule has 0 saturated carbocycles. The minimum Gasteiger partial charge on any atom is -0.493 e. The van der Waals surface area contributed by atoms with E-state index in [1.165, 1.54) is 38.5 Å². The van der Waals surface area contributed by atoms with Crippen LogP contribution in [-0.2, 0) is 11.2 Å². The first kappa shape index (κ1) is 30.8. The number of benzene rings is 2. The molecule has 224 valence electrons. The molecule has 0 spiro atoms. The van der Waals surface area contributed by atoms with E-state index in [4.69, 9.17) is 4.74 Å². The Labute approximate surface area is 248 Å². The number of piperidine rings is 1. The van der Waals surface area contributed by atoms with Gasteiger partial charge in [0.15, 0.2) is 0 Å². The van der Waals surface area contributed by atoms with E-state index < -0.39 is 6.09 Å². The van der Waals surface area contributed by atoms with E-state index in [2.05, 4.69) is 25.5 Å². The Hall–Kier alpha value is -4.18. The number of aromatic nitrogens is 2. The summed E-state index contributed by atoms with van der Waals surface area (Å²) >= 11 is 0. The molecule has 42 heavy (non-hydrogen) atoms. The van der Waals surface area contributed by atoms with Crippen LogP contribution in [0.25, 0.3) is 0 Å². The lowest BCUT2D eigenvalue weighted by Gasteiger charge is -2.26. The van der Waals surface area contributed by atoms with Crippen LogP contribution >= 0.6 is 0 Å². The number of nitrogens with one attached hydrogen (secondary N) is 2. The second kappa shape index (κ2) is 15.7. The predicted octanol–water partition coefficient (Wildman–Crippen LogP) is 6.14. The predicted molar refractivity (Wildman–Crippen MR) is 165 cm³/mol. The third-order valence-electron chi connectivity index (χ3n) is 7.32. The van der Waals surface area contributed by atoms with Crippen molar-refractivity contribution in [3.05, 3.63) is 66.4 Å². The van der Waals surface area contributed by atoms with Gasteiger partial charge in [0, 0.05) is 43.0 Å². The average molecular weight is 575 g/mol. The Morgan fingerprint density at radius 3 is 2.69 bits per heavy atom. The second-order valence-electron chi connectivity index (χ2n) is 10.7. The van der Waals surface area contributed by atoms with Gasteiger partial charge in [0.25, 0.3) is 0 Å². The molecule has 3 aromatic rings. The molecular weight excluding hydrogens is 532 g/mol. The number of hydrogen-bond donors (Lipinski definition) is 3. The second-order valence-corrected chi connectivity index (χ2v) is 10.7. The third kappa shape index (κ3) is 9.44. The summed E-state index contributed by atoms with van der Waals surface area (Å²) < 4.78 is 5.98. The summed E-state index contributed by atoms with van der Waals surface area (Å²) in [7, 11) is 0. The molecule has 2 heterocycles. The molecule has 3 N–H and O–H groups in total. The maximum Gasteiger partial charge on any atom is 0.417 e. The smallest absolute Gasteiger partial charge is 0.417 e. The van der Waals surface area contributed by atoms with E-state index in [1.807, 2.05) is 44.2 Å². The standard InChI is InChI=1S/C32H42N6O4/c1-3-24(2)34-30(39)15-14-25-10-7-12-27(22-25)38(32(40)41)29-16-17-33-31(36-29)35-26-11-8-13-28(23-26)42-21-9-20-37-18-5-4-6-19-37/h7-8,10-13,16-17,22-24H,3-6,9,14-15,18-21H2,1-2H3,(H,34,39)(H,40,41)(H,33,35,36). The van der Waals surface area contributed by atoms with Crippen LogP contribution in [0.4, 0.5) is 27.9 Å². The molecule has 1 saturated heterocycles. The zero-order chi connectivity index (χ0) is 29.7. The van der Waals surface area contributed by atoms with Crippen molar-refractivity contribution >= 4 is 35.1 Å². The fourth-order valence-corrected chi connectivity index (χ4v) is 4.89. The molecule has 1 aliphatic heterocycles. The van der Waals surface area contributed by atoms with Crippen LogP contribution in [0.3, 0.4) is 0 Å². The van der Waals surface area contributed by atoms with Crippen LogP contribution in [0.5, 0.6) is 5.75 Å². The zero-order valence-electron chi connectivity index (χ0n) is 24.6. The molecule has 1 atom stereocenters. The topological polar surface area (TPSA) is 120 Å². The van der Waals surface area contributed by atoms with Gasteiger partial charge in [-0.15, -0.1) is 0 Å². The number of amides is 2. The summed E-state index contributed by atoms with van der Waals surface area (Å²) in [4.78, 5) is 36.9. The lowest BCUT2D eigenvalue weighted by Crippen LogP contribution is -2.32. The van der Waals surface area contributed by atoms with Crippen LogP contribution in [0.1, 0.15) is 57.9 Å². The third-order valence-corrected chi connectivity index (χ3v) is 7.32. The highest BCUT2D eigenvalue weighted by Crippen LogP contribution is 2.27. The summed E-state index contributed by atoms with van der Waals surface area (Å²) in [6, 6.07) is 16.4. The quantitative estimate of drug-likeness (QED) is 0.197. The van der Waals surface area contributed by atoms with Gasteiger partial charge in [-0.2, -0.15) is 4.98 Å². The van der Waals surface area contributed by atoms with E-state index in [1.54, 1.807) is 24.3 Å². The number of hydrogen-bond acceptors (Lipinski definition) is 7. The monoisotopic (exact) mass is 574 g/mol. The number of carbonyl (C=O) groups excluding carboxylic acids is 1. The number of nitrogens with zero attached hydrogens (tertiary/aromatic N) is 4. The lowest BCUT2D eigenvalue weighted by molar-refractivity contribution is -0.121. The zero-order valence-corrected chi connectivity index (χ0v) is 24.6. The number of rotatable bonds is 14. The van der Waals surface area contributed by atoms with Crippen LogP contribution in [-0.4, -0.2) is 64.3 Å². The highest BCUT2D eigenvalue weighted by Gasteiger charge is 2.20. The molecular formula is C32H42N6O4. The van der Waals surface area contributed by atoms with E-state index in [9.17, 15) is 14.7 Å². The molecule has 0 bridgehead atoms. The molecule has 10 heteroatoms. The number of carbonyl (C=O) groups is 2. The van der Waals surface area contributed by atoms with Crippen molar-refractivity contribution < 1.29 is 19.4 Å². The van der Waals surface area contributed by atoms with Gasteiger partial charge in [0.1, 0.15) is 11.6 Å². The maximum absolute atomic E-state index is 12.3. The van der Waals surface area contributed by atoms with Crippen LogP contribution in [0.15, 0.2) is 60.8 Å². The van der Waals surface area contributed by atoms with Crippen LogP contribution in [0, 0.1) is 0 Å². The first-order valence-corrected chi connectivity index (χ1v) is 14.9. The molecule has 0 aliphatic carbocycles. The van der Waals surface area contributed by atoms with Crippen molar-refractivity contribution in [2.24, 2.45) is 0 Å². The Kier molecular flexibility index (Phi) is 11.5. The number of likely N-dealkylation sites (tertiary alicyclic amines) is 1. The highest BCUT2D eigenvalue weighted by atomic mass is 16.5. The Bertz CT molecular complexity index is 1310. The molecule has 0 radical (unpaired) electrons. The van der Waals surface area contributed by atoms with E-state index in [-0.39, 0.29) is 23.7 Å². The molecule has 2 aromatic carbocycles. The Balaban J connectivity index is 1.38. The largest absolute Gasteiger partial charge is 0.493 e. The Morgan fingerprint density at radius 2 is 1.90 bits per heavy atom. The van der Waals surface area contributed by atoms with Gasteiger partial charge >= 0.3 is 6.09 Å². The number of aryl methyl sites for hydroxylation is 1. The molecule has 2 amide bonds. The molecule has 1 unspecified atom stereocenters. The average Bonchev–Trinajstić information content (AvgIpc) is 2.99. The van der Waals surface area contributed by atoms with Crippen molar-refractivity contribution in [2.45, 2.75) is 64.8 Å². The maximum atomic E-state index is 12.3. The van der Waals surface area contributed by atoms with Gasteiger partial charge in [-0.05, 0) is 81.9 Å². The van der Waals surface area contributed by atoms with E-state index in [0.717, 1.165) is 41.3 Å². The number of ether oxygens (including phenoxy) is 1. The molecule has 1 aromatic heterocycles. The van der Waals surface area contributed by atoms with Crippen LogP contribution < -0.4 is 20.3 Å². The van der Waals surface area contributed by atoms with Crippen LogP contribution in [0.2, 0.25) is 0 Å². The summed E-state index contributed by atoms with van der Waals surface area (Å²) in [5, 5.41) is 16.2. The fourth-order valence-electron chi connectivity index (χ4n) is 4.89. The Morgan fingerprint density at radius 1 is 1.10 bits per heavy atom. The minimum atomic E-state index is -1.17. The SMILES string of the molecule is CCC(C)NC(=O)CCc1cccc(N(C(=O)O)c2ccnc(Nc3cccc(OCCCN4CCCCC4)c3)n2)c1. The van der Waals surface area contributed by atoms with Gasteiger partial charge in [-0.3, -0.25) is 4.79 Å². The van der Waals surface area contributed by atoms with Gasteiger partial charge in [-0.1, -0.05) is 31.5 Å². The summed E-state index contributed by atoms with van der Waals surface area (Å²) in [6.45, 7) is 8.04. The van der Waals surface area contributed by atoms with Crippen molar-refractivity contribution in [2.75, 3.05) is 36.5 Å². The highest BCUT2D eigenvalue weighted by molar-refractivity contribution is 5.93. The first-order valence-electron chi connectivity index (χ1n) is 14.9. The van der Waals surface area contributed by atoms with Crippen molar-refractivity contribution in [3.8, 4) is 5.75 Å². The van der Waals surface area contributed by atoms with E-state index >= 15 is 0 Å². The first-order chi connectivity index (χ1) is 20.4. The fraction of sp³-hybridized carbons (Fsp3) is 0.438. The van der Waals surface area contributed by atoms with Crippen molar-refractivity contribution in [3.63, 3.8) is 0 Å². The summed E-state index contributed by atoms with van der Waals surface area (Å²) in [6.07, 6.45) is 6.90. The van der Waals surface area contributed by atoms with Gasteiger partial charge in [-0.25, -0.2) is 14.7 Å². The minimum absolute atomic E-state index is 0.0247.